The Morgan fingerprint density at radius 2 is 1.81 bits per heavy atom. The Morgan fingerprint density at radius 1 is 1.12 bits per heavy atom. The van der Waals surface area contributed by atoms with Gasteiger partial charge in [-0.05, 0) is 43.9 Å². The Kier molecular flexibility index (Phi) is 11.3. The Labute approximate surface area is 199 Å². The van der Waals surface area contributed by atoms with Crippen molar-refractivity contribution in [3.05, 3.63) is 65.7 Å². The van der Waals surface area contributed by atoms with E-state index in [1.54, 1.807) is 21.6 Å². The zero-order chi connectivity index (χ0) is 23.5. The van der Waals surface area contributed by atoms with Crippen LogP contribution >= 0.6 is 29.4 Å². The molecule has 2 N–H and O–H groups in total. The molecule has 176 valence electrons. The lowest BCUT2D eigenvalue weighted by Crippen LogP contribution is -2.25. The molecular formula is C23H33NO5PS2+. The second-order valence-electron chi connectivity index (χ2n) is 7.73. The van der Waals surface area contributed by atoms with E-state index in [1.807, 2.05) is 48.5 Å². The van der Waals surface area contributed by atoms with Crippen molar-refractivity contribution in [2.24, 2.45) is 0 Å². The van der Waals surface area contributed by atoms with Gasteiger partial charge in [0.1, 0.15) is 7.11 Å². The molecule has 1 atom stereocenters. The van der Waals surface area contributed by atoms with Gasteiger partial charge >= 0.3 is 7.82 Å². The highest BCUT2D eigenvalue weighted by Gasteiger charge is 2.30. The highest BCUT2D eigenvalue weighted by atomic mass is 33.1. The molecular weight excluding hydrogens is 465 g/mol. The number of carbonyl (C=O) groups excluding carboxylic acids is 1. The fraction of sp³-hybridized carbons (Fsp3) is 0.435. The van der Waals surface area contributed by atoms with Gasteiger partial charge in [0.05, 0.1) is 13.7 Å². The van der Waals surface area contributed by atoms with Gasteiger partial charge < -0.3 is 9.84 Å². The topological polar surface area (TPSA) is 77.4 Å². The standard InChI is InChI=1S/C23H32NO5PS2/c1-23(2,16-14-22(25)24-18-19-10-6-5-7-11-19)32-31-21-13-9-8-12-20(21)15-17-29-30(26,27-3)28-4/h5-13H,14-18H2,1-4H3,(H,24,25)/p+1. The van der Waals surface area contributed by atoms with Crippen LogP contribution in [0.3, 0.4) is 0 Å². The maximum absolute atomic E-state index is 12.3. The molecule has 2 rings (SSSR count). The molecule has 2 aromatic rings. The van der Waals surface area contributed by atoms with Crippen LogP contribution < -0.4 is 5.32 Å². The minimum Gasteiger partial charge on any atom is -0.358 e. The van der Waals surface area contributed by atoms with Gasteiger partial charge in [0, 0.05) is 22.6 Å². The van der Waals surface area contributed by atoms with Gasteiger partial charge in [-0.15, -0.1) is 0 Å². The number of hydrogen-bond donors (Lipinski definition) is 1. The molecule has 6 nitrogen and oxygen atoms in total. The summed E-state index contributed by atoms with van der Waals surface area (Å²) in [5, 5.41) is 2.99. The van der Waals surface area contributed by atoms with E-state index in [0.29, 0.717) is 19.4 Å². The molecule has 1 amide bonds. The highest BCUT2D eigenvalue weighted by Crippen LogP contribution is 2.46. The van der Waals surface area contributed by atoms with Crippen molar-refractivity contribution in [1.29, 1.82) is 0 Å². The monoisotopic (exact) mass is 498 g/mol. The first kappa shape index (κ1) is 27.0. The first-order valence-corrected chi connectivity index (χ1v) is 14.1. The number of amides is 1. The fourth-order valence-corrected chi connectivity index (χ4v) is 6.06. The predicted molar refractivity (Wildman–Crippen MR) is 134 cm³/mol. The fourth-order valence-electron chi connectivity index (χ4n) is 2.75. The quantitative estimate of drug-likeness (QED) is 0.202. The normalized spacial score (nSPS) is 13.5. The molecule has 0 spiro atoms. The third kappa shape index (κ3) is 9.69. The molecule has 0 aliphatic carbocycles. The maximum Gasteiger partial charge on any atom is 0.634 e. The van der Waals surface area contributed by atoms with E-state index in [4.69, 9.17) is 9.05 Å². The van der Waals surface area contributed by atoms with Crippen molar-refractivity contribution in [3.8, 4) is 0 Å². The molecule has 0 aromatic heterocycles. The van der Waals surface area contributed by atoms with Crippen LogP contribution in [0, 0.1) is 0 Å². The molecule has 0 saturated heterocycles. The van der Waals surface area contributed by atoms with Gasteiger partial charge in [0.25, 0.3) is 0 Å². The lowest BCUT2D eigenvalue weighted by molar-refractivity contribution is -0.121. The average molecular weight is 499 g/mol. The number of rotatable bonds is 14. The first-order valence-electron chi connectivity index (χ1n) is 10.4. The number of hydrogen-bond acceptors (Lipinski definition) is 6. The van der Waals surface area contributed by atoms with Gasteiger partial charge in [-0.1, -0.05) is 70.1 Å². The first-order chi connectivity index (χ1) is 15.3. The molecule has 0 aliphatic rings. The Balaban J connectivity index is 1.80. The molecule has 9 heteroatoms. The minimum atomic E-state index is -3.34. The Bertz CT molecular complexity index is 887. The largest absolute Gasteiger partial charge is 0.634 e. The lowest BCUT2D eigenvalue weighted by atomic mass is 10.1. The lowest BCUT2D eigenvalue weighted by Gasteiger charge is -2.23. The van der Waals surface area contributed by atoms with Gasteiger partial charge in [-0.25, -0.2) is 9.05 Å². The van der Waals surface area contributed by atoms with Crippen molar-refractivity contribution in [2.45, 2.75) is 49.3 Å². The molecule has 0 saturated carbocycles. The van der Waals surface area contributed by atoms with Gasteiger partial charge in [0.2, 0.25) is 5.91 Å². The summed E-state index contributed by atoms with van der Waals surface area (Å²) in [5.41, 5.74) is 2.21. The Hall–Kier alpha value is -1.28. The number of nitrogens with one attached hydrogen (secondary N) is 1. The van der Waals surface area contributed by atoms with Crippen LogP contribution in [-0.4, -0.2) is 36.0 Å². The summed E-state index contributed by atoms with van der Waals surface area (Å²) < 4.78 is 25.9. The van der Waals surface area contributed by atoms with Crippen molar-refractivity contribution < 1.29 is 22.9 Å². The zero-order valence-corrected chi connectivity index (χ0v) is 21.6. The van der Waals surface area contributed by atoms with Gasteiger partial charge in [-0.3, -0.25) is 4.79 Å². The second-order valence-corrected chi connectivity index (χ2v) is 12.6. The van der Waals surface area contributed by atoms with E-state index in [1.165, 1.54) is 14.2 Å². The van der Waals surface area contributed by atoms with E-state index in [9.17, 15) is 9.36 Å². The number of carbonyl (C=O) groups is 1. The molecule has 1 unspecified atom stereocenters. The summed E-state index contributed by atoms with van der Waals surface area (Å²) >= 11 is 0. The summed E-state index contributed by atoms with van der Waals surface area (Å²) in [6.07, 6.45) is 1.86. The summed E-state index contributed by atoms with van der Waals surface area (Å²) in [5.74, 6) is 0.0639. The predicted octanol–water partition coefficient (Wildman–Crippen LogP) is 5.77. The van der Waals surface area contributed by atoms with E-state index in [0.717, 1.165) is 22.4 Å². The van der Waals surface area contributed by atoms with Crippen LogP contribution in [0.4, 0.5) is 0 Å². The molecule has 0 fully saturated rings. The van der Waals surface area contributed by atoms with E-state index in [2.05, 4.69) is 29.8 Å². The van der Waals surface area contributed by atoms with Crippen LogP contribution in [0.5, 0.6) is 0 Å². The highest BCUT2D eigenvalue weighted by molar-refractivity contribution is 8.77. The SMILES string of the molecule is COP(=O)(OCCc1ccccc1SSC(C)(C)CCC(=O)NCc1ccccc1)[OH+]C. The summed E-state index contributed by atoms with van der Waals surface area (Å²) in [6.45, 7) is 5.12. The van der Waals surface area contributed by atoms with Crippen molar-refractivity contribution >= 4 is 35.3 Å². The zero-order valence-electron chi connectivity index (χ0n) is 19.1. The molecule has 0 heterocycles. The van der Waals surface area contributed by atoms with Crippen molar-refractivity contribution in [1.82, 2.24) is 5.32 Å². The second kappa shape index (κ2) is 13.4. The van der Waals surface area contributed by atoms with Crippen LogP contribution in [0.2, 0.25) is 0 Å². The van der Waals surface area contributed by atoms with Crippen molar-refractivity contribution in [3.63, 3.8) is 0 Å². The van der Waals surface area contributed by atoms with E-state index >= 15 is 0 Å². The van der Waals surface area contributed by atoms with Crippen molar-refractivity contribution in [2.75, 3.05) is 20.8 Å². The molecule has 2 aromatic carbocycles. The molecule has 0 aliphatic heterocycles. The van der Waals surface area contributed by atoms with Crippen LogP contribution in [0.1, 0.15) is 37.8 Å². The van der Waals surface area contributed by atoms with E-state index < -0.39 is 7.82 Å². The van der Waals surface area contributed by atoms with Crippen LogP contribution in [-0.2, 0) is 31.4 Å². The molecule has 0 bridgehead atoms. The number of aliphatic hydroxyl groups is 1. The van der Waals surface area contributed by atoms with Crippen LogP contribution in [0.25, 0.3) is 0 Å². The third-order valence-electron chi connectivity index (χ3n) is 4.72. The van der Waals surface area contributed by atoms with Gasteiger partial charge in [-0.2, -0.15) is 4.57 Å². The summed E-state index contributed by atoms with van der Waals surface area (Å²) in [4.78, 5) is 13.4. The van der Waals surface area contributed by atoms with Gasteiger partial charge in [0.15, 0.2) is 0 Å². The smallest absolute Gasteiger partial charge is 0.358 e. The van der Waals surface area contributed by atoms with E-state index in [-0.39, 0.29) is 17.3 Å². The number of benzene rings is 2. The summed E-state index contributed by atoms with van der Waals surface area (Å²) in [6, 6.07) is 18.0. The maximum atomic E-state index is 12.3. The summed E-state index contributed by atoms with van der Waals surface area (Å²) in [7, 11) is 2.85. The molecule has 0 radical (unpaired) electrons. The molecule has 32 heavy (non-hydrogen) atoms. The van der Waals surface area contributed by atoms with Crippen LogP contribution in [0.15, 0.2) is 59.5 Å². The third-order valence-corrected chi connectivity index (χ3v) is 9.64. The average Bonchev–Trinajstić information content (AvgIpc) is 2.81. The minimum absolute atomic E-state index is 0.0639. The Morgan fingerprint density at radius 3 is 2.50 bits per heavy atom.